The molecule has 2 aromatic carbocycles. The van der Waals surface area contributed by atoms with Crippen molar-refractivity contribution in [1.82, 2.24) is 14.9 Å². The van der Waals surface area contributed by atoms with E-state index in [0.29, 0.717) is 9.24 Å². The Morgan fingerprint density at radius 1 is 1.21 bits per heavy atom. The van der Waals surface area contributed by atoms with Gasteiger partial charge in [-0.25, -0.2) is 0 Å². The molecule has 0 spiro atoms. The lowest BCUT2D eigenvalue weighted by molar-refractivity contribution is 0.472. The SMILES string of the molecule is Oc1ccc(/C=N\n2c(CCc3ccccc3)n[nH]c2=S)cc1Br. The lowest BCUT2D eigenvalue weighted by atomic mass is 10.1. The van der Waals surface area contributed by atoms with Gasteiger partial charge in [0.2, 0.25) is 4.77 Å². The maximum absolute atomic E-state index is 9.53. The molecule has 0 saturated carbocycles. The van der Waals surface area contributed by atoms with E-state index in [2.05, 4.69) is 43.4 Å². The first kappa shape index (κ1) is 16.6. The molecule has 0 aliphatic rings. The minimum Gasteiger partial charge on any atom is -0.507 e. The molecule has 1 heterocycles. The van der Waals surface area contributed by atoms with E-state index in [1.807, 2.05) is 18.2 Å². The molecule has 0 bridgehead atoms. The monoisotopic (exact) mass is 402 g/mol. The van der Waals surface area contributed by atoms with Gasteiger partial charge in [0.05, 0.1) is 10.7 Å². The second-order valence-electron chi connectivity index (χ2n) is 5.20. The van der Waals surface area contributed by atoms with Crippen LogP contribution in [0.1, 0.15) is 17.0 Å². The van der Waals surface area contributed by atoms with E-state index >= 15 is 0 Å². The van der Waals surface area contributed by atoms with Gasteiger partial charge in [-0.15, -0.1) is 0 Å². The van der Waals surface area contributed by atoms with Crippen molar-refractivity contribution in [2.45, 2.75) is 12.8 Å². The zero-order valence-corrected chi connectivity index (χ0v) is 15.1. The van der Waals surface area contributed by atoms with Gasteiger partial charge in [-0.3, -0.25) is 5.10 Å². The first-order chi connectivity index (χ1) is 11.6. The Bertz CT molecular complexity index is 918. The van der Waals surface area contributed by atoms with Crippen molar-refractivity contribution in [3.8, 4) is 5.75 Å². The van der Waals surface area contributed by atoms with Gasteiger partial charge in [-0.05, 0) is 63.9 Å². The quantitative estimate of drug-likeness (QED) is 0.499. The fourth-order valence-electron chi connectivity index (χ4n) is 2.23. The number of aromatic nitrogens is 3. The van der Waals surface area contributed by atoms with Gasteiger partial charge < -0.3 is 5.11 Å². The molecular formula is C17H15BrN4OS. The minimum absolute atomic E-state index is 0.190. The van der Waals surface area contributed by atoms with Crippen LogP contribution in [-0.2, 0) is 12.8 Å². The summed E-state index contributed by atoms with van der Waals surface area (Å²) >= 11 is 8.53. The molecule has 3 aromatic rings. The molecule has 2 N–H and O–H groups in total. The van der Waals surface area contributed by atoms with Gasteiger partial charge in [-0.1, -0.05) is 30.3 Å². The number of halogens is 1. The first-order valence-electron chi connectivity index (χ1n) is 7.36. The number of hydrogen-bond acceptors (Lipinski definition) is 4. The summed E-state index contributed by atoms with van der Waals surface area (Å²) in [5.74, 6) is 0.966. The predicted octanol–water partition coefficient (Wildman–Crippen LogP) is 4.08. The number of benzene rings is 2. The fraction of sp³-hybridized carbons (Fsp3) is 0.118. The third-order valence-electron chi connectivity index (χ3n) is 3.49. The molecule has 5 nitrogen and oxygen atoms in total. The van der Waals surface area contributed by atoms with E-state index < -0.39 is 0 Å². The van der Waals surface area contributed by atoms with Crippen LogP contribution in [-0.4, -0.2) is 26.2 Å². The molecule has 0 radical (unpaired) electrons. The number of hydrogen-bond donors (Lipinski definition) is 2. The van der Waals surface area contributed by atoms with Crippen LogP contribution in [0.4, 0.5) is 0 Å². The Kier molecular flexibility index (Phi) is 5.22. The normalized spacial score (nSPS) is 11.2. The summed E-state index contributed by atoms with van der Waals surface area (Å²) in [6.45, 7) is 0. The highest BCUT2D eigenvalue weighted by molar-refractivity contribution is 9.10. The second kappa shape index (κ2) is 7.55. The van der Waals surface area contributed by atoms with Gasteiger partial charge in [0.15, 0.2) is 5.82 Å². The molecule has 0 saturated heterocycles. The van der Waals surface area contributed by atoms with Crippen LogP contribution in [0.2, 0.25) is 0 Å². The van der Waals surface area contributed by atoms with Crippen molar-refractivity contribution >= 4 is 34.4 Å². The molecule has 0 aliphatic carbocycles. The number of phenols is 1. The third kappa shape index (κ3) is 3.98. The van der Waals surface area contributed by atoms with Crippen LogP contribution in [0.25, 0.3) is 0 Å². The third-order valence-corrected chi connectivity index (χ3v) is 4.39. The van der Waals surface area contributed by atoms with Crippen LogP contribution >= 0.6 is 28.1 Å². The van der Waals surface area contributed by atoms with Crippen molar-refractivity contribution < 1.29 is 5.11 Å². The van der Waals surface area contributed by atoms with Crippen molar-refractivity contribution in [2.24, 2.45) is 5.10 Å². The molecule has 0 atom stereocenters. The number of aromatic amines is 1. The van der Waals surface area contributed by atoms with Gasteiger partial charge >= 0.3 is 0 Å². The summed E-state index contributed by atoms with van der Waals surface area (Å²) in [6.07, 6.45) is 3.27. The Balaban J connectivity index is 1.78. The zero-order chi connectivity index (χ0) is 16.9. The second-order valence-corrected chi connectivity index (χ2v) is 6.44. The average Bonchev–Trinajstić information content (AvgIpc) is 2.95. The Morgan fingerprint density at radius 3 is 2.75 bits per heavy atom. The highest BCUT2D eigenvalue weighted by atomic mass is 79.9. The number of H-pyrrole nitrogens is 1. The largest absolute Gasteiger partial charge is 0.507 e. The molecule has 0 fully saturated rings. The Labute approximate surface area is 152 Å². The van der Waals surface area contributed by atoms with E-state index in [4.69, 9.17) is 12.2 Å². The molecule has 0 unspecified atom stereocenters. The maximum atomic E-state index is 9.53. The molecule has 122 valence electrons. The number of nitrogens with one attached hydrogen (secondary N) is 1. The highest BCUT2D eigenvalue weighted by Crippen LogP contribution is 2.23. The highest BCUT2D eigenvalue weighted by Gasteiger charge is 2.05. The first-order valence-corrected chi connectivity index (χ1v) is 8.57. The van der Waals surface area contributed by atoms with Crippen LogP contribution in [0.15, 0.2) is 58.1 Å². The van der Waals surface area contributed by atoms with E-state index in [1.165, 1.54) is 5.56 Å². The smallest absolute Gasteiger partial charge is 0.216 e. The summed E-state index contributed by atoms with van der Waals surface area (Å²) < 4.78 is 2.69. The maximum Gasteiger partial charge on any atom is 0.216 e. The Hall–Kier alpha value is -2.25. The van der Waals surface area contributed by atoms with Gasteiger partial charge in [0.1, 0.15) is 5.75 Å². The van der Waals surface area contributed by atoms with E-state index in [0.717, 1.165) is 24.2 Å². The number of phenolic OH excluding ortho intramolecular Hbond substituents is 1. The van der Waals surface area contributed by atoms with E-state index in [1.54, 1.807) is 29.1 Å². The molecule has 24 heavy (non-hydrogen) atoms. The summed E-state index contributed by atoms with van der Waals surface area (Å²) in [6, 6.07) is 15.4. The number of nitrogens with zero attached hydrogens (tertiary/aromatic N) is 3. The average molecular weight is 403 g/mol. The summed E-state index contributed by atoms with van der Waals surface area (Å²) in [5.41, 5.74) is 2.08. The van der Waals surface area contributed by atoms with Gasteiger partial charge in [-0.2, -0.15) is 14.9 Å². The molecule has 0 aliphatic heterocycles. The summed E-state index contributed by atoms with van der Waals surface area (Å²) in [5, 5.41) is 21.0. The van der Waals surface area contributed by atoms with E-state index in [9.17, 15) is 5.11 Å². The lowest BCUT2D eigenvalue weighted by Gasteiger charge is -2.02. The van der Waals surface area contributed by atoms with Crippen molar-refractivity contribution in [3.63, 3.8) is 0 Å². The van der Waals surface area contributed by atoms with Gasteiger partial charge in [0, 0.05) is 6.42 Å². The van der Waals surface area contributed by atoms with Crippen LogP contribution < -0.4 is 0 Å². The van der Waals surface area contributed by atoms with Crippen molar-refractivity contribution in [1.29, 1.82) is 0 Å². The number of aromatic hydroxyl groups is 1. The molecule has 0 amide bonds. The van der Waals surface area contributed by atoms with Crippen LogP contribution in [0, 0.1) is 4.77 Å². The summed E-state index contributed by atoms with van der Waals surface area (Å²) in [4.78, 5) is 0. The van der Waals surface area contributed by atoms with Gasteiger partial charge in [0.25, 0.3) is 0 Å². The molecule has 3 rings (SSSR count). The topological polar surface area (TPSA) is 66.2 Å². The standard InChI is InChI=1S/C17H15BrN4OS/c18-14-10-13(6-8-15(14)23)11-19-22-16(20-21-17(22)24)9-7-12-4-2-1-3-5-12/h1-6,8,10-11,23H,7,9H2,(H,21,24)/b19-11-. The van der Waals surface area contributed by atoms with Crippen molar-refractivity contribution in [2.75, 3.05) is 0 Å². The van der Waals surface area contributed by atoms with Crippen molar-refractivity contribution in [3.05, 3.63) is 74.7 Å². The fourth-order valence-corrected chi connectivity index (χ4v) is 2.83. The van der Waals surface area contributed by atoms with Crippen LogP contribution in [0.3, 0.4) is 0 Å². The lowest BCUT2D eigenvalue weighted by Crippen LogP contribution is -2.01. The number of rotatable bonds is 5. The molecule has 1 aromatic heterocycles. The molecule has 7 heteroatoms. The predicted molar refractivity (Wildman–Crippen MR) is 100 cm³/mol. The van der Waals surface area contributed by atoms with Crippen LogP contribution in [0.5, 0.6) is 5.75 Å². The van der Waals surface area contributed by atoms with E-state index in [-0.39, 0.29) is 5.75 Å². The zero-order valence-electron chi connectivity index (χ0n) is 12.7. The Morgan fingerprint density at radius 2 is 2.00 bits per heavy atom. The molecular weight excluding hydrogens is 388 g/mol. The summed E-state index contributed by atoms with van der Waals surface area (Å²) in [7, 11) is 0. The number of aryl methyl sites for hydroxylation is 2. The minimum atomic E-state index is 0.190.